The van der Waals surface area contributed by atoms with E-state index in [-0.39, 0.29) is 5.91 Å². The van der Waals surface area contributed by atoms with E-state index >= 15 is 0 Å². The minimum Gasteiger partial charge on any atom is -0.481 e. The Hall–Kier alpha value is -1.06. The highest BCUT2D eigenvalue weighted by molar-refractivity contribution is 5.78. The average molecular weight is 241 g/mol. The average Bonchev–Trinajstić information content (AvgIpc) is 2.29. The van der Waals surface area contributed by atoms with E-state index < -0.39 is 11.4 Å². The molecular formula is C13H23NO3. The van der Waals surface area contributed by atoms with Gasteiger partial charge in [-0.15, -0.1) is 0 Å². The number of amides is 1. The second-order valence-electron chi connectivity index (χ2n) is 5.46. The summed E-state index contributed by atoms with van der Waals surface area (Å²) in [6, 6.07) is 0. The van der Waals surface area contributed by atoms with Gasteiger partial charge in [-0.1, -0.05) is 20.3 Å². The first-order valence-electron chi connectivity index (χ1n) is 6.40. The van der Waals surface area contributed by atoms with E-state index in [1.807, 2.05) is 4.90 Å². The van der Waals surface area contributed by atoms with Crippen LogP contribution in [0.1, 0.15) is 46.5 Å². The molecule has 0 spiro atoms. The normalized spacial score (nSPS) is 21.0. The Morgan fingerprint density at radius 3 is 2.29 bits per heavy atom. The zero-order chi connectivity index (χ0) is 13.1. The number of nitrogens with zero attached hydrogens (tertiary/aromatic N) is 1. The number of carboxylic acid groups (broad SMARTS) is 1. The fraction of sp³-hybridized carbons (Fsp3) is 0.846. The molecule has 0 aliphatic carbocycles. The van der Waals surface area contributed by atoms with Crippen molar-refractivity contribution in [2.24, 2.45) is 11.3 Å². The minimum atomic E-state index is -0.744. The van der Waals surface area contributed by atoms with Crippen LogP contribution in [0.4, 0.5) is 0 Å². The number of aliphatic carboxylic acids is 1. The maximum Gasteiger partial charge on any atom is 0.309 e. The fourth-order valence-corrected chi connectivity index (χ4v) is 2.04. The third-order valence-corrected chi connectivity index (χ3v) is 3.96. The van der Waals surface area contributed by atoms with Crippen LogP contribution in [0.15, 0.2) is 0 Å². The Kier molecular flexibility index (Phi) is 4.54. The van der Waals surface area contributed by atoms with Crippen molar-refractivity contribution in [3.05, 3.63) is 0 Å². The molecule has 1 aliphatic rings. The van der Waals surface area contributed by atoms with Crippen molar-refractivity contribution in [2.75, 3.05) is 13.1 Å². The van der Waals surface area contributed by atoms with Gasteiger partial charge in [-0.3, -0.25) is 9.59 Å². The smallest absolute Gasteiger partial charge is 0.309 e. The summed E-state index contributed by atoms with van der Waals surface area (Å²) in [6.45, 7) is 7.08. The van der Waals surface area contributed by atoms with Crippen molar-refractivity contribution < 1.29 is 14.7 Å². The zero-order valence-corrected chi connectivity index (χ0v) is 11.0. The molecule has 1 aliphatic heterocycles. The van der Waals surface area contributed by atoms with E-state index in [0.717, 1.165) is 6.42 Å². The van der Waals surface area contributed by atoms with Gasteiger partial charge in [0.25, 0.3) is 0 Å². The molecule has 1 unspecified atom stereocenters. The van der Waals surface area contributed by atoms with Crippen LogP contribution in [0.3, 0.4) is 0 Å². The van der Waals surface area contributed by atoms with Crippen LogP contribution >= 0.6 is 0 Å². The second-order valence-corrected chi connectivity index (χ2v) is 5.46. The molecule has 0 saturated carbocycles. The lowest BCUT2D eigenvalue weighted by atomic mass is 9.80. The number of rotatable bonds is 4. The second kappa shape index (κ2) is 5.52. The monoisotopic (exact) mass is 241 g/mol. The molecule has 0 aromatic rings. The molecule has 1 fully saturated rings. The molecule has 4 nitrogen and oxygen atoms in total. The number of piperidine rings is 1. The predicted molar refractivity (Wildman–Crippen MR) is 65.6 cm³/mol. The molecule has 98 valence electrons. The van der Waals surface area contributed by atoms with Gasteiger partial charge in [-0.05, 0) is 25.7 Å². The lowest BCUT2D eigenvalue weighted by Gasteiger charge is -2.36. The first-order chi connectivity index (χ1) is 7.89. The maximum atomic E-state index is 11.9. The van der Waals surface area contributed by atoms with Gasteiger partial charge in [-0.25, -0.2) is 0 Å². The Labute approximate surface area is 103 Å². The van der Waals surface area contributed by atoms with Crippen LogP contribution in [-0.2, 0) is 9.59 Å². The lowest BCUT2D eigenvalue weighted by Crippen LogP contribution is -2.45. The zero-order valence-electron chi connectivity index (χ0n) is 11.0. The highest BCUT2D eigenvalue weighted by Crippen LogP contribution is 2.31. The van der Waals surface area contributed by atoms with Crippen molar-refractivity contribution in [2.45, 2.75) is 46.5 Å². The van der Waals surface area contributed by atoms with Crippen molar-refractivity contribution in [1.29, 1.82) is 0 Å². The number of carboxylic acids is 1. The molecule has 0 bridgehead atoms. The Morgan fingerprint density at radius 2 is 1.88 bits per heavy atom. The van der Waals surface area contributed by atoms with Gasteiger partial charge < -0.3 is 10.0 Å². The predicted octanol–water partition coefficient (Wildman–Crippen LogP) is 2.14. The van der Waals surface area contributed by atoms with Gasteiger partial charge in [-0.2, -0.15) is 0 Å². The van der Waals surface area contributed by atoms with Gasteiger partial charge in [0, 0.05) is 19.5 Å². The minimum absolute atomic E-state index is 0.173. The van der Waals surface area contributed by atoms with Crippen LogP contribution in [0, 0.1) is 11.3 Å². The summed E-state index contributed by atoms with van der Waals surface area (Å²) in [4.78, 5) is 24.8. The van der Waals surface area contributed by atoms with Gasteiger partial charge >= 0.3 is 5.97 Å². The number of hydrogen-bond acceptors (Lipinski definition) is 2. The Bertz CT molecular complexity index is 293. The molecule has 1 atom stereocenters. The number of likely N-dealkylation sites (tertiary alicyclic amines) is 1. The van der Waals surface area contributed by atoms with Crippen molar-refractivity contribution in [3.8, 4) is 0 Å². The van der Waals surface area contributed by atoms with E-state index in [0.29, 0.717) is 38.3 Å². The van der Waals surface area contributed by atoms with E-state index in [1.54, 1.807) is 6.92 Å². The molecule has 1 heterocycles. The quantitative estimate of drug-likeness (QED) is 0.820. The van der Waals surface area contributed by atoms with Crippen molar-refractivity contribution in [1.82, 2.24) is 4.90 Å². The van der Waals surface area contributed by atoms with Gasteiger partial charge in [0.05, 0.1) is 5.41 Å². The maximum absolute atomic E-state index is 11.9. The summed E-state index contributed by atoms with van der Waals surface area (Å²) in [5, 5.41) is 9.10. The van der Waals surface area contributed by atoms with Gasteiger partial charge in [0.2, 0.25) is 5.91 Å². The van der Waals surface area contributed by atoms with E-state index in [2.05, 4.69) is 13.8 Å². The summed E-state index contributed by atoms with van der Waals surface area (Å²) in [5.41, 5.74) is -0.646. The van der Waals surface area contributed by atoms with E-state index in [4.69, 9.17) is 5.11 Å². The van der Waals surface area contributed by atoms with Crippen LogP contribution in [0.2, 0.25) is 0 Å². The number of carbonyl (C=O) groups is 2. The number of hydrogen-bond donors (Lipinski definition) is 1. The largest absolute Gasteiger partial charge is 0.481 e. The standard InChI is InChI=1S/C13H23NO3/c1-4-10(2)9-11(15)14-7-5-13(3,6-8-14)12(16)17/h10H,4-9H2,1-3H3,(H,16,17). The highest BCUT2D eigenvalue weighted by Gasteiger charge is 2.37. The van der Waals surface area contributed by atoms with Gasteiger partial charge in [0.15, 0.2) is 0 Å². The molecule has 1 amide bonds. The third kappa shape index (κ3) is 3.45. The molecule has 0 aromatic carbocycles. The molecule has 1 rings (SSSR count). The molecule has 1 saturated heterocycles. The third-order valence-electron chi connectivity index (χ3n) is 3.96. The molecule has 0 aromatic heterocycles. The fourth-order valence-electron chi connectivity index (χ4n) is 2.04. The molecule has 17 heavy (non-hydrogen) atoms. The first-order valence-corrected chi connectivity index (χ1v) is 6.40. The molecule has 1 N–H and O–H groups in total. The SMILES string of the molecule is CCC(C)CC(=O)N1CCC(C)(C(=O)O)CC1. The van der Waals surface area contributed by atoms with Crippen molar-refractivity contribution in [3.63, 3.8) is 0 Å². The number of carbonyl (C=O) groups excluding carboxylic acids is 1. The Balaban J connectivity index is 2.47. The first kappa shape index (κ1) is 14.0. The summed E-state index contributed by atoms with van der Waals surface area (Å²) in [5.74, 6) is -0.159. The van der Waals surface area contributed by atoms with Gasteiger partial charge in [0.1, 0.15) is 0 Å². The molecule has 4 heteroatoms. The van der Waals surface area contributed by atoms with E-state index in [9.17, 15) is 9.59 Å². The van der Waals surface area contributed by atoms with Crippen LogP contribution in [0.5, 0.6) is 0 Å². The van der Waals surface area contributed by atoms with Crippen LogP contribution < -0.4 is 0 Å². The summed E-state index contributed by atoms with van der Waals surface area (Å²) < 4.78 is 0. The highest BCUT2D eigenvalue weighted by atomic mass is 16.4. The lowest BCUT2D eigenvalue weighted by molar-refractivity contribution is -0.153. The van der Waals surface area contributed by atoms with Crippen LogP contribution in [-0.4, -0.2) is 35.0 Å². The topological polar surface area (TPSA) is 57.6 Å². The summed E-state index contributed by atoms with van der Waals surface area (Å²) in [7, 11) is 0. The molecular weight excluding hydrogens is 218 g/mol. The summed E-state index contributed by atoms with van der Waals surface area (Å²) in [6.07, 6.45) is 2.72. The van der Waals surface area contributed by atoms with Crippen molar-refractivity contribution >= 4 is 11.9 Å². The van der Waals surface area contributed by atoms with Crippen LogP contribution in [0.25, 0.3) is 0 Å². The van der Waals surface area contributed by atoms with E-state index in [1.165, 1.54) is 0 Å². The molecule has 0 radical (unpaired) electrons. The summed E-state index contributed by atoms with van der Waals surface area (Å²) >= 11 is 0. The Morgan fingerprint density at radius 1 is 1.35 bits per heavy atom.